The first-order valence-electron chi connectivity index (χ1n) is 6.28. The van der Waals surface area contributed by atoms with Crippen molar-refractivity contribution in [3.05, 3.63) is 16.1 Å². The van der Waals surface area contributed by atoms with Crippen LogP contribution in [0.15, 0.2) is 5.38 Å². The number of amides is 2. The van der Waals surface area contributed by atoms with E-state index in [0.29, 0.717) is 18.9 Å². The largest absolute Gasteiger partial charge is 0.396 e. The van der Waals surface area contributed by atoms with Crippen LogP contribution in [0, 0.1) is 0 Å². The molecule has 0 saturated heterocycles. The molecule has 0 radical (unpaired) electrons. The molecule has 0 aromatic carbocycles. The molecule has 2 amide bonds. The molecule has 0 bridgehead atoms. The lowest BCUT2D eigenvalue weighted by atomic mass is 10.2. The van der Waals surface area contributed by atoms with Crippen LogP contribution in [0.25, 0.3) is 0 Å². The average molecular weight is 269 g/mol. The maximum Gasteiger partial charge on any atom is 0.315 e. The molecule has 1 aliphatic rings. The van der Waals surface area contributed by atoms with Crippen molar-refractivity contribution in [3.63, 3.8) is 0 Å². The van der Waals surface area contributed by atoms with Gasteiger partial charge < -0.3 is 15.7 Å². The Morgan fingerprint density at radius 2 is 2.44 bits per heavy atom. The number of aliphatic hydroxyl groups is 1. The summed E-state index contributed by atoms with van der Waals surface area (Å²) >= 11 is 1.60. The molecule has 5 nitrogen and oxygen atoms in total. The fourth-order valence-corrected chi connectivity index (χ4v) is 2.48. The molecule has 100 valence electrons. The highest BCUT2D eigenvalue weighted by Crippen LogP contribution is 2.40. The highest BCUT2D eigenvalue weighted by atomic mass is 32.1. The van der Waals surface area contributed by atoms with Crippen LogP contribution < -0.4 is 10.6 Å². The fourth-order valence-electron chi connectivity index (χ4n) is 1.67. The lowest BCUT2D eigenvalue weighted by Crippen LogP contribution is -2.40. The molecule has 1 aromatic rings. The van der Waals surface area contributed by atoms with Crippen molar-refractivity contribution in [1.82, 2.24) is 15.6 Å². The Morgan fingerprint density at radius 1 is 1.67 bits per heavy atom. The number of rotatable bonds is 6. The van der Waals surface area contributed by atoms with Gasteiger partial charge in [0.15, 0.2) is 0 Å². The number of hydrogen-bond acceptors (Lipinski definition) is 4. The Bertz CT molecular complexity index is 404. The first-order chi connectivity index (χ1) is 8.69. The van der Waals surface area contributed by atoms with Crippen LogP contribution in [0.2, 0.25) is 0 Å². The van der Waals surface area contributed by atoms with Gasteiger partial charge in [0.05, 0.1) is 12.2 Å². The predicted molar refractivity (Wildman–Crippen MR) is 70.6 cm³/mol. The molecule has 6 heteroatoms. The van der Waals surface area contributed by atoms with E-state index < -0.39 is 0 Å². The van der Waals surface area contributed by atoms with Gasteiger partial charge in [0.1, 0.15) is 5.01 Å². The summed E-state index contributed by atoms with van der Waals surface area (Å²) in [4.78, 5) is 16.0. The molecule has 3 N–H and O–H groups in total. The Hall–Kier alpha value is -1.14. The summed E-state index contributed by atoms with van der Waals surface area (Å²) < 4.78 is 0. The summed E-state index contributed by atoms with van der Waals surface area (Å²) in [6, 6.07) is -0.229. The standard InChI is InChI=1S/C12H19N3O2S/c1-8(4-5-16)14-12(17)13-6-11-15-10(7-18-11)9-2-3-9/h7-9,16H,2-6H2,1H3,(H2,13,14,17)/t8-/m1/s1. The third kappa shape index (κ3) is 3.96. The fraction of sp³-hybridized carbons (Fsp3) is 0.667. The number of carbonyl (C=O) groups is 1. The number of nitrogens with zero attached hydrogens (tertiary/aromatic N) is 1. The summed E-state index contributed by atoms with van der Waals surface area (Å²) in [6.07, 6.45) is 3.06. The number of aliphatic hydroxyl groups excluding tert-OH is 1. The molecule has 1 fully saturated rings. The number of hydrogen-bond donors (Lipinski definition) is 3. The minimum atomic E-state index is -0.209. The molecular formula is C12H19N3O2S. The van der Waals surface area contributed by atoms with E-state index in [1.54, 1.807) is 11.3 Å². The number of thiazole rings is 1. The quantitative estimate of drug-likeness (QED) is 0.734. The van der Waals surface area contributed by atoms with E-state index in [1.807, 2.05) is 6.92 Å². The minimum Gasteiger partial charge on any atom is -0.396 e. The predicted octanol–water partition coefficient (Wildman–Crippen LogP) is 1.59. The summed E-state index contributed by atoms with van der Waals surface area (Å²) in [7, 11) is 0. The van der Waals surface area contributed by atoms with E-state index in [2.05, 4.69) is 21.0 Å². The molecule has 1 heterocycles. The van der Waals surface area contributed by atoms with Crippen molar-refractivity contribution in [1.29, 1.82) is 0 Å². The zero-order valence-corrected chi connectivity index (χ0v) is 11.3. The molecule has 18 heavy (non-hydrogen) atoms. The SMILES string of the molecule is C[C@H](CCO)NC(=O)NCc1nc(C2CC2)cs1. The lowest BCUT2D eigenvalue weighted by molar-refractivity contribution is 0.230. The first-order valence-corrected chi connectivity index (χ1v) is 7.16. The van der Waals surface area contributed by atoms with Gasteiger partial charge in [-0.1, -0.05) is 0 Å². The van der Waals surface area contributed by atoms with E-state index in [4.69, 9.17) is 5.11 Å². The topological polar surface area (TPSA) is 74.2 Å². The Kier molecular flexibility index (Phi) is 4.54. The van der Waals surface area contributed by atoms with Crippen molar-refractivity contribution >= 4 is 17.4 Å². The second-order valence-corrected chi connectivity index (χ2v) is 5.62. The highest BCUT2D eigenvalue weighted by Gasteiger charge is 2.25. The van der Waals surface area contributed by atoms with Gasteiger partial charge in [-0.3, -0.25) is 0 Å². The van der Waals surface area contributed by atoms with Gasteiger partial charge in [-0.15, -0.1) is 11.3 Å². The Balaban J connectivity index is 1.71. The van der Waals surface area contributed by atoms with E-state index in [-0.39, 0.29) is 18.7 Å². The van der Waals surface area contributed by atoms with Gasteiger partial charge in [0, 0.05) is 23.9 Å². The van der Waals surface area contributed by atoms with Gasteiger partial charge in [0.25, 0.3) is 0 Å². The molecule has 1 saturated carbocycles. The average Bonchev–Trinajstić information content (AvgIpc) is 3.06. The van der Waals surface area contributed by atoms with Crippen molar-refractivity contribution < 1.29 is 9.90 Å². The summed E-state index contributed by atoms with van der Waals surface area (Å²) in [5.41, 5.74) is 1.17. The molecule has 1 aliphatic carbocycles. The zero-order chi connectivity index (χ0) is 13.0. The third-order valence-corrected chi connectivity index (χ3v) is 3.77. The lowest BCUT2D eigenvalue weighted by Gasteiger charge is -2.12. The third-order valence-electron chi connectivity index (χ3n) is 2.90. The second kappa shape index (κ2) is 6.15. The van der Waals surface area contributed by atoms with Gasteiger partial charge in [-0.05, 0) is 26.2 Å². The molecule has 1 atom stereocenters. The van der Waals surface area contributed by atoms with Crippen LogP contribution in [-0.4, -0.2) is 28.8 Å². The van der Waals surface area contributed by atoms with E-state index in [0.717, 1.165) is 5.01 Å². The van der Waals surface area contributed by atoms with Crippen LogP contribution in [0.1, 0.15) is 42.8 Å². The Morgan fingerprint density at radius 3 is 3.11 bits per heavy atom. The van der Waals surface area contributed by atoms with Gasteiger partial charge >= 0.3 is 6.03 Å². The minimum absolute atomic E-state index is 0.0201. The van der Waals surface area contributed by atoms with Crippen molar-refractivity contribution in [2.45, 2.75) is 44.7 Å². The molecule has 0 spiro atoms. The second-order valence-electron chi connectivity index (χ2n) is 4.68. The monoisotopic (exact) mass is 269 g/mol. The number of urea groups is 1. The number of nitrogens with one attached hydrogen (secondary N) is 2. The molecule has 0 aliphatic heterocycles. The maximum absolute atomic E-state index is 11.5. The number of aromatic nitrogens is 1. The maximum atomic E-state index is 11.5. The van der Waals surface area contributed by atoms with Crippen LogP contribution >= 0.6 is 11.3 Å². The molecule has 1 aromatic heterocycles. The van der Waals surface area contributed by atoms with Crippen LogP contribution in [0.3, 0.4) is 0 Å². The zero-order valence-electron chi connectivity index (χ0n) is 10.5. The molecule has 0 unspecified atom stereocenters. The Labute approximate surface area is 111 Å². The summed E-state index contributed by atoms with van der Waals surface area (Å²) in [6.45, 7) is 2.41. The first kappa shape index (κ1) is 13.3. The normalized spacial score (nSPS) is 16.3. The van der Waals surface area contributed by atoms with Gasteiger partial charge in [0.2, 0.25) is 0 Å². The molecular weight excluding hydrogens is 250 g/mol. The van der Waals surface area contributed by atoms with E-state index in [9.17, 15) is 4.79 Å². The van der Waals surface area contributed by atoms with Crippen molar-refractivity contribution in [2.24, 2.45) is 0 Å². The van der Waals surface area contributed by atoms with Crippen LogP contribution in [0.4, 0.5) is 4.79 Å². The highest BCUT2D eigenvalue weighted by molar-refractivity contribution is 7.09. The number of carbonyl (C=O) groups excluding carboxylic acids is 1. The van der Waals surface area contributed by atoms with E-state index in [1.165, 1.54) is 18.5 Å². The smallest absolute Gasteiger partial charge is 0.315 e. The van der Waals surface area contributed by atoms with Gasteiger partial charge in [-0.2, -0.15) is 0 Å². The summed E-state index contributed by atoms with van der Waals surface area (Å²) in [5, 5.41) is 17.3. The van der Waals surface area contributed by atoms with Gasteiger partial charge in [-0.25, -0.2) is 9.78 Å². The van der Waals surface area contributed by atoms with Crippen molar-refractivity contribution in [2.75, 3.05) is 6.61 Å². The molecule has 2 rings (SSSR count). The van der Waals surface area contributed by atoms with E-state index >= 15 is 0 Å². The summed E-state index contributed by atoms with van der Waals surface area (Å²) in [5.74, 6) is 0.661. The van der Waals surface area contributed by atoms with Crippen LogP contribution in [-0.2, 0) is 6.54 Å². The van der Waals surface area contributed by atoms with Crippen molar-refractivity contribution in [3.8, 4) is 0 Å². The van der Waals surface area contributed by atoms with Crippen LogP contribution in [0.5, 0.6) is 0 Å².